The largest absolute Gasteiger partial charge is 0.484 e. The topological polar surface area (TPSA) is 58.6 Å². The molecular weight excluding hydrogens is 383 g/mol. The van der Waals surface area contributed by atoms with Gasteiger partial charge in [0.05, 0.1) is 0 Å². The predicted octanol–water partition coefficient (Wildman–Crippen LogP) is 4.15. The van der Waals surface area contributed by atoms with Crippen molar-refractivity contribution in [3.8, 4) is 5.75 Å². The highest BCUT2D eigenvalue weighted by molar-refractivity contribution is 5.88. The number of nitrogens with one attached hydrogen (secondary N) is 1. The second kappa shape index (κ2) is 10.8. The maximum atomic E-state index is 14.2. The molecule has 0 aliphatic heterocycles. The molecule has 2 amide bonds. The summed E-state index contributed by atoms with van der Waals surface area (Å²) in [6.07, 6.45) is 0.773. The third kappa shape index (κ3) is 6.31. The fourth-order valence-corrected chi connectivity index (χ4v) is 2.89. The van der Waals surface area contributed by atoms with Gasteiger partial charge in [-0.05, 0) is 63.4 Å². The van der Waals surface area contributed by atoms with E-state index in [4.69, 9.17) is 4.74 Å². The summed E-state index contributed by atoms with van der Waals surface area (Å²) in [5.41, 5.74) is 2.54. The van der Waals surface area contributed by atoms with Crippen molar-refractivity contribution in [3.63, 3.8) is 0 Å². The summed E-state index contributed by atoms with van der Waals surface area (Å²) < 4.78 is 19.9. The van der Waals surface area contributed by atoms with Crippen molar-refractivity contribution < 1.29 is 18.7 Å². The highest BCUT2D eigenvalue weighted by Crippen LogP contribution is 2.18. The molecule has 30 heavy (non-hydrogen) atoms. The number of carbonyl (C=O) groups excluding carboxylic acids is 2. The number of halogens is 1. The molecule has 2 atom stereocenters. The molecule has 1 N–H and O–H groups in total. The summed E-state index contributed by atoms with van der Waals surface area (Å²) in [5, 5.41) is 2.89. The second-order valence-corrected chi connectivity index (χ2v) is 7.64. The van der Waals surface area contributed by atoms with Crippen LogP contribution in [0.3, 0.4) is 0 Å². The first-order valence-electron chi connectivity index (χ1n) is 10.3. The van der Waals surface area contributed by atoms with Crippen LogP contribution < -0.4 is 10.1 Å². The number of nitrogens with zero attached hydrogens (tertiary/aromatic N) is 1. The molecule has 2 aromatic carbocycles. The van der Waals surface area contributed by atoms with E-state index >= 15 is 0 Å². The van der Waals surface area contributed by atoms with Crippen molar-refractivity contribution in [1.29, 1.82) is 0 Å². The molecule has 0 unspecified atom stereocenters. The van der Waals surface area contributed by atoms with Crippen LogP contribution in [-0.4, -0.2) is 35.4 Å². The van der Waals surface area contributed by atoms with E-state index in [0.717, 1.165) is 17.5 Å². The zero-order valence-electron chi connectivity index (χ0n) is 18.4. The summed E-state index contributed by atoms with van der Waals surface area (Å²) >= 11 is 0. The Bertz CT molecular complexity index is 885. The van der Waals surface area contributed by atoms with E-state index in [9.17, 15) is 14.0 Å². The van der Waals surface area contributed by atoms with Crippen molar-refractivity contribution >= 4 is 11.8 Å². The van der Waals surface area contributed by atoms with Gasteiger partial charge in [-0.25, -0.2) is 4.39 Å². The average Bonchev–Trinajstić information content (AvgIpc) is 2.73. The molecule has 0 saturated heterocycles. The molecule has 0 aliphatic carbocycles. The first kappa shape index (κ1) is 23.4. The van der Waals surface area contributed by atoms with Crippen molar-refractivity contribution in [2.45, 2.75) is 59.7 Å². The van der Waals surface area contributed by atoms with Crippen LogP contribution in [0.25, 0.3) is 0 Å². The molecule has 0 aromatic heterocycles. The Labute approximate surface area is 178 Å². The van der Waals surface area contributed by atoms with Gasteiger partial charge in [0, 0.05) is 18.2 Å². The molecule has 2 rings (SSSR count). The lowest BCUT2D eigenvalue weighted by Gasteiger charge is -2.29. The van der Waals surface area contributed by atoms with Crippen molar-refractivity contribution in [2.24, 2.45) is 0 Å². The SMILES string of the molecule is CC[C@H](C)NC(=O)[C@@H](C)N(Cc1ccccc1F)C(=O)COc1ccc(C)c(C)c1. The normalized spacial score (nSPS) is 12.7. The summed E-state index contributed by atoms with van der Waals surface area (Å²) in [6, 6.07) is 11.1. The lowest BCUT2D eigenvalue weighted by molar-refractivity contribution is -0.142. The summed E-state index contributed by atoms with van der Waals surface area (Å²) in [6.45, 7) is 9.22. The van der Waals surface area contributed by atoms with Crippen LogP contribution in [0.1, 0.15) is 43.9 Å². The first-order valence-corrected chi connectivity index (χ1v) is 10.3. The van der Waals surface area contributed by atoms with E-state index in [1.54, 1.807) is 31.2 Å². The van der Waals surface area contributed by atoms with Gasteiger partial charge in [-0.3, -0.25) is 9.59 Å². The number of rotatable bonds is 9. The van der Waals surface area contributed by atoms with Crippen LogP contribution in [0.5, 0.6) is 5.75 Å². The third-order valence-electron chi connectivity index (χ3n) is 5.31. The van der Waals surface area contributed by atoms with Crippen LogP contribution in [0.15, 0.2) is 42.5 Å². The Kier molecular flexibility index (Phi) is 8.39. The molecule has 0 spiro atoms. The summed E-state index contributed by atoms with van der Waals surface area (Å²) in [5.74, 6) is -0.502. The summed E-state index contributed by atoms with van der Waals surface area (Å²) in [4.78, 5) is 27.0. The molecule has 0 bridgehead atoms. The van der Waals surface area contributed by atoms with Crippen LogP contribution in [-0.2, 0) is 16.1 Å². The van der Waals surface area contributed by atoms with Crippen LogP contribution >= 0.6 is 0 Å². The van der Waals surface area contributed by atoms with Crippen LogP contribution in [0, 0.1) is 19.7 Å². The van der Waals surface area contributed by atoms with Gasteiger partial charge in [-0.2, -0.15) is 0 Å². The van der Waals surface area contributed by atoms with Gasteiger partial charge in [-0.15, -0.1) is 0 Å². The maximum absolute atomic E-state index is 14.2. The standard InChI is InChI=1S/C24H31FN2O3/c1-6-18(4)26-24(29)19(5)27(14-20-9-7-8-10-22(20)25)23(28)15-30-21-12-11-16(2)17(3)13-21/h7-13,18-19H,6,14-15H2,1-5H3,(H,26,29)/t18-,19+/m0/s1. The van der Waals surface area contributed by atoms with Gasteiger partial charge in [-0.1, -0.05) is 31.2 Å². The average molecular weight is 415 g/mol. The van der Waals surface area contributed by atoms with Gasteiger partial charge < -0.3 is 15.0 Å². The predicted molar refractivity (Wildman–Crippen MR) is 116 cm³/mol. The fraction of sp³-hybridized carbons (Fsp3) is 0.417. The van der Waals surface area contributed by atoms with Gasteiger partial charge in [0.1, 0.15) is 17.6 Å². The zero-order chi connectivity index (χ0) is 22.3. The number of ether oxygens (including phenoxy) is 1. The van der Waals surface area contributed by atoms with Gasteiger partial charge >= 0.3 is 0 Å². The Balaban J connectivity index is 2.18. The van der Waals surface area contributed by atoms with Crippen LogP contribution in [0.2, 0.25) is 0 Å². The number of amides is 2. The molecule has 2 aromatic rings. The molecule has 0 aliphatic rings. The molecule has 0 saturated carbocycles. The lowest BCUT2D eigenvalue weighted by Crippen LogP contribution is -2.50. The van der Waals surface area contributed by atoms with Gasteiger partial charge in [0.15, 0.2) is 6.61 Å². The number of benzene rings is 2. The Morgan fingerprint density at radius 1 is 1.10 bits per heavy atom. The third-order valence-corrected chi connectivity index (χ3v) is 5.31. The maximum Gasteiger partial charge on any atom is 0.261 e. The lowest BCUT2D eigenvalue weighted by atomic mass is 10.1. The monoisotopic (exact) mass is 414 g/mol. The minimum Gasteiger partial charge on any atom is -0.484 e. The van der Waals surface area contributed by atoms with Crippen molar-refractivity contribution in [1.82, 2.24) is 10.2 Å². The second-order valence-electron chi connectivity index (χ2n) is 7.64. The van der Waals surface area contributed by atoms with E-state index in [0.29, 0.717) is 11.3 Å². The van der Waals surface area contributed by atoms with Crippen LogP contribution in [0.4, 0.5) is 4.39 Å². The van der Waals surface area contributed by atoms with Gasteiger partial charge in [0.25, 0.3) is 5.91 Å². The molecular formula is C24H31FN2O3. The Morgan fingerprint density at radius 3 is 2.43 bits per heavy atom. The van der Waals surface area contributed by atoms with E-state index < -0.39 is 11.9 Å². The smallest absolute Gasteiger partial charge is 0.261 e. The molecule has 0 heterocycles. The number of hydrogen-bond acceptors (Lipinski definition) is 3. The molecule has 0 fully saturated rings. The first-order chi connectivity index (χ1) is 14.2. The summed E-state index contributed by atoms with van der Waals surface area (Å²) in [7, 11) is 0. The number of hydrogen-bond donors (Lipinski definition) is 1. The molecule has 0 radical (unpaired) electrons. The Hall–Kier alpha value is -2.89. The molecule has 162 valence electrons. The minimum atomic E-state index is -0.769. The van der Waals surface area contributed by atoms with E-state index in [2.05, 4.69) is 5.32 Å². The van der Waals surface area contributed by atoms with E-state index in [1.807, 2.05) is 39.8 Å². The van der Waals surface area contributed by atoms with Crippen molar-refractivity contribution in [2.75, 3.05) is 6.61 Å². The van der Waals surface area contributed by atoms with Crippen molar-refractivity contribution in [3.05, 3.63) is 65.0 Å². The van der Waals surface area contributed by atoms with E-state index in [-0.39, 0.29) is 31.0 Å². The highest BCUT2D eigenvalue weighted by atomic mass is 19.1. The highest BCUT2D eigenvalue weighted by Gasteiger charge is 2.27. The quantitative estimate of drug-likeness (QED) is 0.671. The zero-order valence-corrected chi connectivity index (χ0v) is 18.4. The fourth-order valence-electron chi connectivity index (χ4n) is 2.89. The van der Waals surface area contributed by atoms with E-state index in [1.165, 1.54) is 11.0 Å². The number of carbonyl (C=O) groups is 2. The minimum absolute atomic E-state index is 0.0165. The molecule has 5 nitrogen and oxygen atoms in total. The number of aryl methyl sites for hydroxylation is 2. The Morgan fingerprint density at radius 2 is 1.80 bits per heavy atom. The van der Waals surface area contributed by atoms with Gasteiger partial charge in [0.2, 0.25) is 5.91 Å². The molecule has 6 heteroatoms.